The molecule has 146 valence electrons. The number of aromatic nitrogens is 1. The Morgan fingerprint density at radius 2 is 2.10 bits per heavy atom. The number of nitriles is 1. The minimum atomic E-state index is -0.306. The number of para-hydroxylation sites is 1. The first-order valence-electron chi connectivity index (χ1n) is 9.16. The summed E-state index contributed by atoms with van der Waals surface area (Å²) in [6.45, 7) is 0.560. The first-order chi connectivity index (χ1) is 14.2. The second-order valence-electron chi connectivity index (χ2n) is 6.58. The van der Waals surface area contributed by atoms with E-state index in [0.717, 1.165) is 10.9 Å². The van der Waals surface area contributed by atoms with E-state index in [-0.39, 0.29) is 25.2 Å². The summed E-state index contributed by atoms with van der Waals surface area (Å²) < 4.78 is 16.8. The number of pyridine rings is 1. The van der Waals surface area contributed by atoms with Gasteiger partial charge in [0.1, 0.15) is 42.4 Å². The van der Waals surface area contributed by atoms with Gasteiger partial charge in [-0.25, -0.2) is 0 Å². The predicted molar refractivity (Wildman–Crippen MR) is 107 cm³/mol. The van der Waals surface area contributed by atoms with Crippen molar-refractivity contribution in [1.29, 1.82) is 5.26 Å². The molecule has 0 saturated carbocycles. The minimum Gasteiger partial charge on any atom is -0.495 e. The average molecular weight is 389 g/mol. The van der Waals surface area contributed by atoms with Crippen LogP contribution in [0.2, 0.25) is 0 Å². The van der Waals surface area contributed by atoms with Gasteiger partial charge in [-0.3, -0.25) is 9.78 Å². The molecule has 1 amide bonds. The number of fused-ring (bicyclic) bond motifs is 1. The molecule has 1 unspecified atom stereocenters. The zero-order valence-electron chi connectivity index (χ0n) is 15.9. The smallest absolute Gasteiger partial charge is 0.253 e. The lowest BCUT2D eigenvalue weighted by Gasteiger charge is -2.32. The molecule has 0 spiro atoms. The van der Waals surface area contributed by atoms with Crippen molar-refractivity contribution in [2.24, 2.45) is 0 Å². The Labute approximate surface area is 168 Å². The molecule has 1 saturated heterocycles. The molecule has 0 aliphatic carbocycles. The third kappa shape index (κ3) is 3.84. The van der Waals surface area contributed by atoms with E-state index in [9.17, 15) is 10.1 Å². The van der Waals surface area contributed by atoms with Crippen LogP contribution in [-0.4, -0.2) is 43.9 Å². The van der Waals surface area contributed by atoms with E-state index in [4.69, 9.17) is 14.2 Å². The van der Waals surface area contributed by atoms with Gasteiger partial charge in [-0.15, -0.1) is 0 Å². The average Bonchev–Trinajstić information content (AvgIpc) is 2.78. The number of carbonyl (C=O) groups excluding carboxylic acids is 1. The highest BCUT2D eigenvalue weighted by Crippen LogP contribution is 2.27. The SMILES string of the molecule is COc1ccc(N2CC(COc3cccc4cccnc34)OCC2=O)cc1C#N. The van der Waals surface area contributed by atoms with Gasteiger partial charge in [0.05, 0.1) is 19.2 Å². The lowest BCUT2D eigenvalue weighted by molar-refractivity contribution is -0.130. The molecule has 0 bridgehead atoms. The molecule has 2 heterocycles. The van der Waals surface area contributed by atoms with Gasteiger partial charge in [0.15, 0.2) is 0 Å². The van der Waals surface area contributed by atoms with Gasteiger partial charge in [-0.05, 0) is 30.3 Å². The van der Waals surface area contributed by atoms with Crippen molar-refractivity contribution in [3.63, 3.8) is 0 Å². The zero-order chi connectivity index (χ0) is 20.2. The van der Waals surface area contributed by atoms with Crippen LogP contribution in [0.3, 0.4) is 0 Å². The number of methoxy groups -OCH3 is 1. The highest BCUT2D eigenvalue weighted by molar-refractivity contribution is 5.95. The Morgan fingerprint density at radius 3 is 2.93 bits per heavy atom. The number of anilines is 1. The molecular formula is C22H19N3O4. The van der Waals surface area contributed by atoms with Crippen LogP contribution in [-0.2, 0) is 9.53 Å². The number of benzene rings is 2. The Kier molecular flexibility index (Phi) is 5.27. The number of rotatable bonds is 5. The Balaban J connectivity index is 1.49. The number of nitrogens with zero attached hydrogens (tertiary/aromatic N) is 3. The number of ether oxygens (including phenoxy) is 3. The number of morpholine rings is 1. The molecule has 1 aliphatic heterocycles. The lowest BCUT2D eigenvalue weighted by Crippen LogP contribution is -2.48. The summed E-state index contributed by atoms with van der Waals surface area (Å²) in [5, 5.41) is 10.3. The zero-order valence-corrected chi connectivity index (χ0v) is 15.9. The van der Waals surface area contributed by atoms with E-state index >= 15 is 0 Å². The van der Waals surface area contributed by atoms with E-state index in [1.54, 1.807) is 29.3 Å². The lowest BCUT2D eigenvalue weighted by atomic mass is 10.1. The highest BCUT2D eigenvalue weighted by Gasteiger charge is 2.28. The van der Waals surface area contributed by atoms with E-state index in [2.05, 4.69) is 11.1 Å². The molecule has 1 fully saturated rings. The summed E-state index contributed by atoms with van der Waals surface area (Å²) in [5.74, 6) is 0.980. The summed E-state index contributed by atoms with van der Waals surface area (Å²) in [5.41, 5.74) is 1.79. The third-order valence-corrected chi connectivity index (χ3v) is 4.77. The van der Waals surface area contributed by atoms with Gasteiger partial charge in [0, 0.05) is 17.3 Å². The van der Waals surface area contributed by atoms with Crippen LogP contribution in [0, 0.1) is 11.3 Å². The fourth-order valence-corrected chi connectivity index (χ4v) is 3.30. The van der Waals surface area contributed by atoms with Crippen LogP contribution < -0.4 is 14.4 Å². The van der Waals surface area contributed by atoms with Crippen molar-refractivity contribution < 1.29 is 19.0 Å². The number of carbonyl (C=O) groups is 1. The molecule has 3 aromatic rings. The number of hydrogen-bond acceptors (Lipinski definition) is 6. The maximum absolute atomic E-state index is 12.4. The van der Waals surface area contributed by atoms with E-state index < -0.39 is 0 Å². The molecule has 29 heavy (non-hydrogen) atoms. The second kappa shape index (κ2) is 8.17. The van der Waals surface area contributed by atoms with Crippen molar-refractivity contribution in [3.8, 4) is 17.6 Å². The summed E-state index contributed by atoms with van der Waals surface area (Å²) >= 11 is 0. The van der Waals surface area contributed by atoms with Crippen molar-refractivity contribution in [3.05, 3.63) is 60.3 Å². The molecule has 0 N–H and O–H groups in total. The van der Waals surface area contributed by atoms with Crippen molar-refractivity contribution in [2.45, 2.75) is 6.10 Å². The molecule has 7 nitrogen and oxygen atoms in total. The first-order valence-corrected chi connectivity index (χ1v) is 9.16. The van der Waals surface area contributed by atoms with Crippen LogP contribution in [0.4, 0.5) is 5.69 Å². The molecular weight excluding hydrogens is 370 g/mol. The quantitative estimate of drug-likeness (QED) is 0.667. The topological polar surface area (TPSA) is 84.7 Å². The van der Waals surface area contributed by atoms with Crippen LogP contribution in [0.25, 0.3) is 10.9 Å². The summed E-state index contributed by atoms with van der Waals surface area (Å²) in [6, 6.07) is 16.8. The molecule has 0 radical (unpaired) electrons. The first kappa shape index (κ1) is 18.7. The Morgan fingerprint density at radius 1 is 1.24 bits per heavy atom. The molecule has 1 aromatic heterocycles. The summed E-state index contributed by atoms with van der Waals surface area (Å²) in [7, 11) is 1.51. The molecule has 1 atom stereocenters. The van der Waals surface area contributed by atoms with Gasteiger partial charge in [0.25, 0.3) is 5.91 Å². The maximum Gasteiger partial charge on any atom is 0.253 e. The summed E-state index contributed by atoms with van der Waals surface area (Å²) in [6.07, 6.45) is 1.42. The Bertz CT molecular complexity index is 1090. The highest BCUT2D eigenvalue weighted by atomic mass is 16.5. The summed E-state index contributed by atoms with van der Waals surface area (Å²) in [4.78, 5) is 18.4. The standard InChI is InChI=1S/C22H19N3O4/c1-27-19-8-7-17(10-16(19)11-23)25-12-18(28-14-21(25)26)13-29-20-6-2-4-15-5-3-9-24-22(15)20/h2-10,18H,12-14H2,1H3. The van der Waals surface area contributed by atoms with Gasteiger partial charge >= 0.3 is 0 Å². The van der Waals surface area contributed by atoms with Gasteiger partial charge in [0.2, 0.25) is 0 Å². The van der Waals surface area contributed by atoms with Crippen molar-refractivity contribution in [1.82, 2.24) is 4.98 Å². The largest absolute Gasteiger partial charge is 0.495 e. The van der Waals surface area contributed by atoms with Gasteiger partial charge in [-0.2, -0.15) is 5.26 Å². The van der Waals surface area contributed by atoms with Crippen LogP contribution >= 0.6 is 0 Å². The van der Waals surface area contributed by atoms with E-state index in [0.29, 0.717) is 29.3 Å². The van der Waals surface area contributed by atoms with Crippen LogP contribution in [0.15, 0.2) is 54.7 Å². The molecule has 2 aromatic carbocycles. The fraction of sp³-hybridized carbons (Fsp3) is 0.227. The Hall–Kier alpha value is -3.63. The van der Waals surface area contributed by atoms with E-state index in [1.165, 1.54) is 7.11 Å². The third-order valence-electron chi connectivity index (χ3n) is 4.77. The van der Waals surface area contributed by atoms with Crippen molar-refractivity contribution >= 4 is 22.5 Å². The van der Waals surface area contributed by atoms with Gasteiger partial charge in [-0.1, -0.05) is 18.2 Å². The second-order valence-corrected chi connectivity index (χ2v) is 6.58. The van der Waals surface area contributed by atoms with Crippen molar-refractivity contribution in [2.75, 3.05) is 31.8 Å². The molecule has 4 rings (SSSR count). The van der Waals surface area contributed by atoms with Gasteiger partial charge < -0.3 is 19.1 Å². The normalized spacial score (nSPS) is 16.5. The molecule has 7 heteroatoms. The number of hydrogen-bond donors (Lipinski definition) is 0. The monoisotopic (exact) mass is 389 g/mol. The number of amides is 1. The fourth-order valence-electron chi connectivity index (χ4n) is 3.30. The predicted octanol–water partition coefficient (Wildman–Crippen LogP) is 2.93. The maximum atomic E-state index is 12.4. The van der Waals surface area contributed by atoms with E-state index in [1.807, 2.05) is 30.3 Å². The van der Waals surface area contributed by atoms with Crippen LogP contribution in [0.5, 0.6) is 11.5 Å². The minimum absolute atomic E-state index is 0.0459. The molecule has 1 aliphatic rings. The van der Waals surface area contributed by atoms with Crippen LogP contribution in [0.1, 0.15) is 5.56 Å².